The Morgan fingerprint density at radius 3 is 2.17 bits per heavy atom. The van der Waals surface area contributed by atoms with Gasteiger partial charge in [0.15, 0.2) is 0 Å². The van der Waals surface area contributed by atoms with Gasteiger partial charge in [0.2, 0.25) is 0 Å². The van der Waals surface area contributed by atoms with Gasteiger partial charge in [0.1, 0.15) is 0 Å². The molecule has 0 unspecified atom stereocenters. The van der Waals surface area contributed by atoms with Crippen LogP contribution in [0.1, 0.15) is 49.2 Å². The van der Waals surface area contributed by atoms with E-state index in [0.29, 0.717) is 5.25 Å². The quantitative estimate of drug-likeness (QED) is 0.703. The lowest BCUT2D eigenvalue weighted by Gasteiger charge is -2.16. The topological polar surface area (TPSA) is 29.1 Å². The van der Waals surface area contributed by atoms with Gasteiger partial charge in [-0.3, -0.25) is 4.79 Å². The molecule has 122 valence electrons. The fourth-order valence-electron chi connectivity index (χ4n) is 2.59. The van der Waals surface area contributed by atoms with Gasteiger partial charge in [-0.05, 0) is 36.1 Å². The van der Waals surface area contributed by atoms with Crippen LogP contribution >= 0.6 is 11.8 Å². The second-order valence-corrected chi connectivity index (χ2v) is 7.39. The number of hydrogen-bond acceptors (Lipinski definition) is 2. The molecule has 0 atom stereocenters. The second-order valence-electron chi connectivity index (χ2n) is 5.78. The molecule has 23 heavy (non-hydrogen) atoms. The molecular formula is C20H25NOS. The van der Waals surface area contributed by atoms with Crippen LogP contribution in [0.4, 0.5) is 5.69 Å². The fraction of sp³-hybridized carbons (Fsp3) is 0.350. The van der Waals surface area contributed by atoms with Gasteiger partial charge in [0.25, 0.3) is 5.91 Å². The predicted octanol–water partition coefficient (Wildman–Crippen LogP) is 5.56. The van der Waals surface area contributed by atoms with Crippen molar-refractivity contribution in [2.75, 3.05) is 5.32 Å². The van der Waals surface area contributed by atoms with E-state index in [1.165, 1.54) is 11.1 Å². The standard InChI is InChI=1S/C20H25NOS/c1-5-15-10-9-11-16(6-2)19(15)21-20(22)17-12-7-8-13-18(17)23-14(3)4/h7-14H,5-6H2,1-4H3,(H,21,22). The molecule has 2 aromatic carbocycles. The summed E-state index contributed by atoms with van der Waals surface area (Å²) >= 11 is 1.72. The zero-order chi connectivity index (χ0) is 16.8. The lowest BCUT2D eigenvalue weighted by atomic mass is 10.0. The van der Waals surface area contributed by atoms with Crippen LogP contribution in [0.3, 0.4) is 0 Å². The van der Waals surface area contributed by atoms with Crippen LogP contribution in [0.25, 0.3) is 0 Å². The van der Waals surface area contributed by atoms with Gasteiger partial charge in [-0.25, -0.2) is 0 Å². The van der Waals surface area contributed by atoms with Crippen molar-refractivity contribution in [3.05, 3.63) is 59.2 Å². The van der Waals surface area contributed by atoms with Gasteiger partial charge in [0, 0.05) is 15.8 Å². The number of anilines is 1. The molecule has 2 aromatic rings. The number of carbonyl (C=O) groups is 1. The maximum absolute atomic E-state index is 12.8. The molecule has 2 nitrogen and oxygen atoms in total. The first-order chi connectivity index (χ1) is 11.1. The summed E-state index contributed by atoms with van der Waals surface area (Å²) in [6.45, 7) is 8.52. The molecule has 1 amide bonds. The van der Waals surface area contributed by atoms with Gasteiger partial charge >= 0.3 is 0 Å². The number of carbonyl (C=O) groups excluding carboxylic acids is 1. The summed E-state index contributed by atoms with van der Waals surface area (Å²) in [7, 11) is 0. The molecule has 0 saturated heterocycles. The largest absolute Gasteiger partial charge is 0.321 e. The smallest absolute Gasteiger partial charge is 0.256 e. The Balaban J connectivity index is 2.34. The third kappa shape index (κ3) is 4.38. The minimum atomic E-state index is -0.0237. The number of hydrogen-bond donors (Lipinski definition) is 1. The lowest BCUT2D eigenvalue weighted by molar-refractivity contribution is 0.102. The molecule has 3 heteroatoms. The number of para-hydroxylation sites is 1. The van der Waals surface area contributed by atoms with E-state index in [9.17, 15) is 4.79 Å². The zero-order valence-corrected chi connectivity index (χ0v) is 15.2. The van der Waals surface area contributed by atoms with E-state index >= 15 is 0 Å². The third-order valence-electron chi connectivity index (χ3n) is 3.73. The van der Waals surface area contributed by atoms with Crippen molar-refractivity contribution in [2.24, 2.45) is 0 Å². The summed E-state index contributed by atoms with van der Waals surface area (Å²) in [4.78, 5) is 13.9. The first-order valence-corrected chi connectivity index (χ1v) is 9.12. The van der Waals surface area contributed by atoms with Crippen LogP contribution in [-0.2, 0) is 12.8 Å². The number of rotatable bonds is 6. The van der Waals surface area contributed by atoms with E-state index in [1.54, 1.807) is 11.8 Å². The molecule has 0 heterocycles. The van der Waals surface area contributed by atoms with Crippen LogP contribution in [0.15, 0.2) is 47.4 Å². The van der Waals surface area contributed by atoms with Crippen molar-refractivity contribution in [2.45, 2.75) is 50.7 Å². The van der Waals surface area contributed by atoms with Crippen molar-refractivity contribution in [1.29, 1.82) is 0 Å². The molecular weight excluding hydrogens is 302 g/mol. The number of thioether (sulfide) groups is 1. The SMILES string of the molecule is CCc1cccc(CC)c1NC(=O)c1ccccc1SC(C)C. The van der Waals surface area contributed by atoms with Gasteiger partial charge < -0.3 is 5.32 Å². The normalized spacial score (nSPS) is 10.8. The first-order valence-electron chi connectivity index (χ1n) is 8.24. The highest BCUT2D eigenvalue weighted by Gasteiger charge is 2.15. The number of amides is 1. The Labute approximate surface area is 143 Å². The summed E-state index contributed by atoms with van der Waals surface area (Å²) in [5.74, 6) is -0.0237. The highest BCUT2D eigenvalue weighted by Crippen LogP contribution is 2.28. The van der Waals surface area contributed by atoms with E-state index in [-0.39, 0.29) is 5.91 Å². The van der Waals surface area contributed by atoms with E-state index in [0.717, 1.165) is 29.0 Å². The Kier molecular flexibility index (Phi) is 6.28. The highest BCUT2D eigenvalue weighted by atomic mass is 32.2. The average molecular weight is 327 g/mol. The van der Waals surface area contributed by atoms with Crippen molar-refractivity contribution in [3.63, 3.8) is 0 Å². The van der Waals surface area contributed by atoms with Crippen molar-refractivity contribution >= 4 is 23.4 Å². The Morgan fingerprint density at radius 1 is 1.00 bits per heavy atom. The molecule has 0 fully saturated rings. The Morgan fingerprint density at radius 2 is 1.61 bits per heavy atom. The lowest BCUT2D eigenvalue weighted by Crippen LogP contribution is -2.16. The second kappa shape index (κ2) is 8.21. The number of benzene rings is 2. The van der Waals surface area contributed by atoms with Gasteiger partial charge in [0.05, 0.1) is 5.56 Å². The zero-order valence-electron chi connectivity index (χ0n) is 14.3. The number of nitrogens with one attached hydrogen (secondary N) is 1. The molecule has 0 saturated carbocycles. The van der Waals surface area contributed by atoms with E-state index in [2.05, 4.69) is 51.2 Å². The maximum Gasteiger partial charge on any atom is 0.256 e. The summed E-state index contributed by atoms with van der Waals surface area (Å²) in [5.41, 5.74) is 4.10. The number of aryl methyl sites for hydroxylation is 2. The van der Waals surface area contributed by atoms with E-state index in [4.69, 9.17) is 0 Å². The van der Waals surface area contributed by atoms with Crippen LogP contribution in [0.5, 0.6) is 0 Å². The third-order valence-corrected chi connectivity index (χ3v) is 4.81. The van der Waals surface area contributed by atoms with Crippen LogP contribution in [0, 0.1) is 0 Å². The van der Waals surface area contributed by atoms with Crippen LogP contribution in [0.2, 0.25) is 0 Å². The molecule has 2 rings (SSSR count). The minimum absolute atomic E-state index is 0.0237. The van der Waals surface area contributed by atoms with Crippen LogP contribution < -0.4 is 5.32 Å². The van der Waals surface area contributed by atoms with Gasteiger partial charge in [-0.15, -0.1) is 11.8 Å². The van der Waals surface area contributed by atoms with Crippen LogP contribution in [-0.4, -0.2) is 11.2 Å². The molecule has 1 N–H and O–H groups in total. The molecule has 0 aliphatic carbocycles. The molecule has 0 radical (unpaired) electrons. The Hall–Kier alpha value is -1.74. The highest BCUT2D eigenvalue weighted by molar-refractivity contribution is 8.00. The molecule has 0 aliphatic rings. The molecule has 0 aliphatic heterocycles. The van der Waals surface area contributed by atoms with Crippen molar-refractivity contribution in [1.82, 2.24) is 0 Å². The predicted molar refractivity (Wildman–Crippen MR) is 101 cm³/mol. The van der Waals surface area contributed by atoms with E-state index in [1.807, 2.05) is 24.3 Å². The molecule has 0 aromatic heterocycles. The van der Waals surface area contributed by atoms with Gasteiger partial charge in [-0.1, -0.05) is 58.0 Å². The van der Waals surface area contributed by atoms with Crippen molar-refractivity contribution in [3.8, 4) is 0 Å². The maximum atomic E-state index is 12.8. The summed E-state index contributed by atoms with van der Waals surface area (Å²) < 4.78 is 0. The molecule has 0 bridgehead atoms. The van der Waals surface area contributed by atoms with E-state index < -0.39 is 0 Å². The molecule has 0 spiro atoms. The summed E-state index contributed by atoms with van der Waals surface area (Å²) in [6, 6.07) is 14.1. The van der Waals surface area contributed by atoms with Gasteiger partial charge in [-0.2, -0.15) is 0 Å². The monoisotopic (exact) mass is 327 g/mol. The van der Waals surface area contributed by atoms with Crippen molar-refractivity contribution < 1.29 is 4.79 Å². The summed E-state index contributed by atoms with van der Waals surface area (Å²) in [5, 5.41) is 3.60. The summed E-state index contributed by atoms with van der Waals surface area (Å²) in [6.07, 6.45) is 1.82. The fourth-order valence-corrected chi connectivity index (χ4v) is 3.55. The Bertz CT molecular complexity index is 657. The minimum Gasteiger partial charge on any atom is -0.321 e. The first kappa shape index (κ1) is 17.6. The average Bonchev–Trinajstić information content (AvgIpc) is 2.54.